The van der Waals surface area contributed by atoms with E-state index in [0.717, 1.165) is 42.8 Å². The lowest BCUT2D eigenvalue weighted by Gasteiger charge is -2.32. The Bertz CT molecular complexity index is 688. The largest absolute Gasteiger partial charge is 0.478 e. The number of aromatic carboxylic acids is 1. The zero-order valence-electron chi connectivity index (χ0n) is 12.8. The summed E-state index contributed by atoms with van der Waals surface area (Å²) in [4.78, 5) is 26.3. The van der Waals surface area contributed by atoms with E-state index in [9.17, 15) is 14.7 Å². The molecule has 0 aliphatic carbocycles. The molecule has 1 amide bonds. The Morgan fingerprint density at radius 2 is 1.87 bits per heavy atom. The fraction of sp³-hybridized carbons (Fsp3) is 0.333. The first-order valence-corrected chi connectivity index (χ1v) is 8.67. The second-order valence-electron chi connectivity index (χ2n) is 5.88. The molecule has 0 saturated carbocycles. The third-order valence-electron chi connectivity index (χ3n) is 4.39. The number of likely N-dealkylation sites (tertiary alicyclic amines) is 1. The average Bonchev–Trinajstić information content (AvgIpc) is 3.10. The second kappa shape index (κ2) is 6.96. The molecular formula is C18H19NO3S. The van der Waals surface area contributed by atoms with Gasteiger partial charge in [0.25, 0.3) is 5.91 Å². The highest BCUT2D eigenvalue weighted by atomic mass is 32.1. The molecule has 23 heavy (non-hydrogen) atoms. The van der Waals surface area contributed by atoms with Gasteiger partial charge in [-0.2, -0.15) is 0 Å². The second-order valence-corrected chi connectivity index (χ2v) is 6.83. The van der Waals surface area contributed by atoms with Crippen LogP contribution in [0.1, 0.15) is 38.4 Å². The van der Waals surface area contributed by atoms with Crippen molar-refractivity contribution < 1.29 is 14.7 Å². The Morgan fingerprint density at radius 3 is 2.52 bits per heavy atom. The fourth-order valence-electron chi connectivity index (χ4n) is 3.11. The Kier molecular flexibility index (Phi) is 4.76. The molecule has 5 heteroatoms. The van der Waals surface area contributed by atoms with Crippen LogP contribution in [0.4, 0.5) is 0 Å². The van der Waals surface area contributed by atoms with Crippen molar-refractivity contribution in [1.82, 2.24) is 4.90 Å². The van der Waals surface area contributed by atoms with Crippen LogP contribution in [0.3, 0.4) is 0 Å². The van der Waals surface area contributed by atoms with E-state index in [1.807, 2.05) is 34.5 Å². The molecule has 2 heterocycles. The zero-order valence-corrected chi connectivity index (χ0v) is 13.6. The summed E-state index contributed by atoms with van der Waals surface area (Å²) >= 11 is 1.48. The Balaban J connectivity index is 1.60. The minimum Gasteiger partial charge on any atom is -0.478 e. The van der Waals surface area contributed by atoms with Crippen LogP contribution in [-0.2, 0) is 6.42 Å². The van der Waals surface area contributed by atoms with Gasteiger partial charge in [0.2, 0.25) is 0 Å². The van der Waals surface area contributed by atoms with E-state index >= 15 is 0 Å². The van der Waals surface area contributed by atoms with Gasteiger partial charge in [0.15, 0.2) is 0 Å². The number of carboxylic acid groups (broad SMARTS) is 1. The number of carbonyl (C=O) groups excluding carboxylic acids is 1. The molecule has 2 aromatic rings. The van der Waals surface area contributed by atoms with Gasteiger partial charge in [-0.25, -0.2) is 4.79 Å². The molecule has 0 bridgehead atoms. The molecule has 1 N–H and O–H groups in total. The van der Waals surface area contributed by atoms with Crippen molar-refractivity contribution in [3.63, 3.8) is 0 Å². The lowest BCUT2D eigenvalue weighted by atomic mass is 9.88. The van der Waals surface area contributed by atoms with Gasteiger partial charge in [-0.15, -0.1) is 11.3 Å². The molecule has 1 fully saturated rings. The Hall–Kier alpha value is -2.14. The van der Waals surface area contributed by atoms with Crippen LogP contribution in [0, 0.1) is 5.92 Å². The third kappa shape index (κ3) is 3.62. The smallest absolute Gasteiger partial charge is 0.335 e. The monoisotopic (exact) mass is 329 g/mol. The first-order chi connectivity index (χ1) is 11.1. The number of carboxylic acids is 1. The van der Waals surface area contributed by atoms with E-state index in [1.54, 1.807) is 12.1 Å². The van der Waals surface area contributed by atoms with Crippen molar-refractivity contribution in [2.45, 2.75) is 19.3 Å². The van der Waals surface area contributed by atoms with Crippen LogP contribution in [0.25, 0.3) is 0 Å². The van der Waals surface area contributed by atoms with Crippen molar-refractivity contribution in [3.05, 3.63) is 57.8 Å². The standard InChI is InChI=1S/C18H19NO3S/c20-17(16-6-3-11-23-16)19-9-7-13(8-10-19)12-14-4-1-2-5-15(14)18(21)22/h1-6,11,13H,7-10,12H2,(H,21,22). The molecule has 1 aliphatic rings. The van der Waals surface area contributed by atoms with Gasteiger partial charge >= 0.3 is 5.97 Å². The highest BCUT2D eigenvalue weighted by Gasteiger charge is 2.25. The predicted molar refractivity (Wildman–Crippen MR) is 90.1 cm³/mol. The van der Waals surface area contributed by atoms with Crippen LogP contribution < -0.4 is 0 Å². The number of hydrogen-bond acceptors (Lipinski definition) is 3. The molecule has 0 unspecified atom stereocenters. The van der Waals surface area contributed by atoms with Crippen LogP contribution in [0.2, 0.25) is 0 Å². The van der Waals surface area contributed by atoms with Crippen LogP contribution >= 0.6 is 11.3 Å². The maximum atomic E-state index is 12.3. The molecule has 1 aliphatic heterocycles. The summed E-state index contributed by atoms with van der Waals surface area (Å²) in [6.07, 6.45) is 2.61. The van der Waals surface area contributed by atoms with Crippen LogP contribution in [0.15, 0.2) is 41.8 Å². The van der Waals surface area contributed by atoms with Gasteiger partial charge in [-0.3, -0.25) is 4.79 Å². The van der Waals surface area contributed by atoms with Gasteiger partial charge in [0.05, 0.1) is 10.4 Å². The third-order valence-corrected chi connectivity index (χ3v) is 5.25. The number of piperidine rings is 1. The minimum atomic E-state index is -0.870. The summed E-state index contributed by atoms with van der Waals surface area (Å²) in [6.45, 7) is 1.49. The van der Waals surface area contributed by atoms with Crippen molar-refractivity contribution in [1.29, 1.82) is 0 Å². The molecule has 1 aromatic carbocycles. The maximum Gasteiger partial charge on any atom is 0.335 e. The molecule has 1 aromatic heterocycles. The first-order valence-electron chi connectivity index (χ1n) is 7.79. The molecule has 3 rings (SSSR count). The topological polar surface area (TPSA) is 57.6 Å². The number of rotatable bonds is 4. The number of thiophene rings is 1. The van der Waals surface area contributed by atoms with E-state index in [4.69, 9.17) is 0 Å². The summed E-state index contributed by atoms with van der Waals surface area (Å²) in [5, 5.41) is 11.2. The van der Waals surface area contributed by atoms with Gasteiger partial charge in [-0.05, 0) is 48.3 Å². The zero-order chi connectivity index (χ0) is 16.2. The molecule has 120 valence electrons. The van der Waals surface area contributed by atoms with E-state index in [2.05, 4.69) is 0 Å². The molecule has 4 nitrogen and oxygen atoms in total. The quantitative estimate of drug-likeness (QED) is 0.933. The summed E-state index contributed by atoms with van der Waals surface area (Å²) in [6, 6.07) is 11.0. The fourth-order valence-corrected chi connectivity index (χ4v) is 3.81. The highest BCUT2D eigenvalue weighted by molar-refractivity contribution is 7.12. The summed E-state index contributed by atoms with van der Waals surface area (Å²) in [5.74, 6) is -0.321. The normalized spacial score (nSPS) is 15.6. The van der Waals surface area contributed by atoms with E-state index < -0.39 is 5.97 Å². The SMILES string of the molecule is O=C(O)c1ccccc1CC1CCN(C(=O)c2cccs2)CC1. The average molecular weight is 329 g/mol. The number of benzene rings is 1. The maximum absolute atomic E-state index is 12.3. The first kappa shape index (κ1) is 15.7. The number of nitrogens with zero attached hydrogens (tertiary/aromatic N) is 1. The van der Waals surface area contributed by atoms with Crippen molar-refractivity contribution in [2.24, 2.45) is 5.92 Å². The number of amides is 1. The van der Waals surface area contributed by atoms with E-state index in [0.29, 0.717) is 11.5 Å². The van der Waals surface area contributed by atoms with Gasteiger partial charge < -0.3 is 10.0 Å². The van der Waals surface area contributed by atoms with Crippen LogP contribution in [0.5, 0.6) is 0 Å². The van der Waals surface area contributed by atoms with Gasteiger partial charge in [0, 0.05) is 13.1 Å². The molecule has 0 atom stereocenters. The van der Waals surface area contributed by atoms with Gasteiger partial charge in [0.1, 0.15) is 0 Å². The Labute approximate surface area is 139 Å². The van der Waals surface area contributed by atoms with Crippen molar-refractivity contribution in [3.8, 4) is 0 Å². The lowest BCUT2D eigenvalue weighted by Crippen LogP contribution is -2.38. The van der Waals surface area contributed by atoms with Crippen LogP contribution in [-0.4, -0.2) is 35.0 Å². The number of hydrogen-bond donors (Lipinski definition) is 1. The van der Waals surface area contributed by atoms with E-state index in [-0.39, 0.29) is 5.91 Å². The Morgan fingerprint density at radius 1 is 1.13 bits per heavy atom. The van der Waals surface area contributed by atoms with Gasteiger partial charge in [-0.1, -0.05) is 24.3 Å². The molecular weight excluding hydrogens is 310 g/mol. The highest BCUT2D eigenvalue weighted by Crippen LogP contribution is 2.25. The minimum absolute atomic E-state index is 0.115. The molecule has 1 saturated heterocycles. The summed E-state index contributed by atoms with van der Waals surface area (Å²) in [7, 11) is 0. The molecule has 0 radical (unpaired) electrons. The van der Waals surface area contributed by atoms with Crippen molar-refractivity contribution >= 4 is 23.2 Å². The summed E-state index contributed by atoms with van der Waals surface area (Å²) < 4.78 is 0. The predicted octanol–water partition coefficient (Wildman–Crippen LogP) is 3.54. The van der Waals surface area contributed by atoms with Crippen molar-refractivity contribution in [2.75, 3.05) is 13.1 Å². The summed E-state index contributed by atoms with van der Waals surface area (Å²) in [5.41, 5.74) is 1.28. The molecule has 0 spiro atoms. The van der Waals surface area contributed by atoms with E-state index in [1.165, 1.54) is 11.3 Å². The number of carbonyl (C=O) groups is 2. The lowest BCUT2D eigenvalue weighted by molar-refractivity contribution is 0.0694.